The van der Waals surface area contributed by atoms with Gasteiger partial charge in [-0.05, 0) is 26.7 Å². The molecule has 0 spiro atoms. The summed E-state index contributed by atoms with van der Waals surface area (Å²) in [4.78, 5) is 34.0. The molecule has 2 bridgehead atoms. The number of nitriles is 1. The summed E-state index contributed by atoms with van der Waals surface area (Å²) in [6.07, 6.45) is 0.934. The van der Waals surface area contributed by atoms with E-state index in [2.05, 4.69) is 10.1 Å². The van der Waals surface area contributed by atoms with Crippen molar-refractivity contribution in [3.63, 3.8) is 0 Å². The summed E-state index contributed by atoms with van der Waals surface area (Å²) in [7, 11) is 0. The highest BCUT2D eigenvalue weighted by Crippen LogP contribution is 2.65. The number of ether oxygens (including phenoxy) is 1. The van der Waals surface area contributed by atoms with E-state index >= 15 is 0 Å². The second-order valence-electron chi connectivity index (χ2n) is 6.90. The molecule has 1 saturated heterocycles. The lowest BCUT2D eigenvalue weighted by Gasteiger charge is -2.33. The van der Waals surface area contributed by atoms with Gasteiger partial charge in [-0.3, -0.25) is 4.79 Å². The van der Waals surface area contributed by atoms with Gasteiger partial charge in [0.05, 0.1) is 5.41 Å². The predicted octanol–water partition coefficient (Wildman–Crippen LogP) is 2.34. The minimum atomic E-state index is -1.36. The minimum Gasteiger partial charge on any atom is -0.446 e. The molecule has 0 amide bonds. The van der Waals surface area contributed by atoms with Crippen LogP contribution in [-0.2, 0) is 19.2 Å². The number of carbonyl (C=O) groups excluding carboxylic acids is 2. The van der Waals surface area contributed by atoms with Gasteiger partial charge in [-0.15, -0.1) is 11.3 Å². The normalized spacial score (nSPS) is 30.8. The lowest BCUT2D eigenvalue weighted by molar-refractivity contribution is -0.183. The first-order chi connectivity index (χ1) is 11.2. The summed E-state index contributed by atoms with van der Waals surface area (Å²) >= 11 is 1.24. The van der Waals surface area contributed by atoms with Crippen molar-refractivity contribution < 1.29 is 19.2 Å². The molecule has 1 aliphatic carbocycles. The zero-order chi connectivity index (χ0) is 17.8. The first kappa shape index (κ1) is 16.6. The van der Waals surface area contributed by atoms with Crippen LogP contribution in [0.25, 0.3) is 0 Å². The van der Waals surface area contributed by atoms with Crippen LogP contribution in [0.3, 0.4) is 0 Å². The summed E-state index contributed by atoms with van der Waals surface area (Å²) in [5.74, 6) is -1.14. The number of thiazole rings is 1. The molecule has 2 atom stereocenters. The molecular formula is C16H17N3O4S. The largest absolute Gasteiger partial charge is 0.446 e. The van der Waals surface area contributed by atoms with E-state index in [0.29, 0.717) is 17.8 Å². The lowest BCUT2D eigenvalue weighted by Crippen LogP contribution is -2.48. The molecule has 1 aromatic rings. The molecule has 7 nitrogen and oxygen atoms in total. The standard InChI is InChI=1S/C16H17N3O4S/c1-9-8-24-11(18-9)10(7-17)19-23-13(21)16-6-5-15(4,12(20)22-16)14(16,2)3/h8H,5-6H2,1-4H3/b19-10+. The number of oxime groups is 1. The van der Waals surface area contributed by atoms with Crippen LogP contribution >= 0.6 is 11.3 Å². The monoisotopic (exact) mass is 347 g/mol. The molecular weight excluding hydrogens is 330 g/mol. The summed E-state index contributed by atoms with van der Waals surface area (Å²) in [5.41, 5.74) is -2.13. The van der Waals surface area contributed by atoms with Crippen molar-refractivity contribution in [2.75, 3.05) is 0 Å². The lowest BCUT2D eigenvalue weighted by atomic mass is 9.66. The smallest absolute Gasteiger partial charge is 0.378 e. The van der Waals surface area contributed by atoms with E-state index in [1.165, 1.54) is 11.3 Å². The predicted molar refractivity (Wildman–Crippen MR) is 85.0 cm³/mol. The van der Waals surface area contributed by atoms with E-state index in [1.54, 1.807) is 19.2 Å². The van der Waals surface area contributed by atoms with Gasteiger partial charge in [0.1, 0.15) is 6.07 Å². The van der Waals surface area contributed by atoms with E-state index in [1.807, 2.05) is 19.9 Å². The average molecular weight is 347 g/mol. The van der Waals surface area contributed by atoms with Gasteiger partial charge in [0.15, 0.2) is 5.01 Å². The number of carbonyl (C=O) groups is 2. The van der Waals surface area contributed by atoms with E-state index in [0.717, 1.165) is 5.69 Å². The summed E-state index contributed by atoms with van der Waals surface area (Å²) in [6, 6.07) is 1.87. The molecule has 2 fully saturated rings. The van der Waals surface area contributed by atoms with Gasteiger partial charge in [-0.25, -0.2) is 9.78 Å². The van der Waals surface area contributed by atoms with E-state index in [-0.39, 0.29) is 5.71 Å². The highest BCUT2D eigenvalue weighted by molar-refractivity contribution is 7.12. The second-order valence-corrected chi connectivity index (χ2v) is 7.76. The summed E-state index contributed by atoms with van der Waals surface area (Å²) < 4.78 is 5.43. The third-order valence-electron chi connectivity index (χ3n) is 5.56. The molecule has 1 aliphatic heterocycles. The molecule has 1 saturated carbocycles. The van der Waals surface area contributed by atoms with Gasteiger partial charge in [-0.2, -0.15) is 5.26 Å². The van der Waals surface area contributed by atoms with E-state index in [4.69, 9.17) is 9.57 Å². The molecule has 24 heavy (non-hydrogen) atoms. The molecule has 126 valence electrons. The number of rotatable bonds is 3. The van der Waals surface area contributed by atoms with Crippen LogP contribution in [0.5, 0.6) is 0 Å². The number of hydrogen-bond acceptors (Lipinski definition) is 8. The Kier molecular flexibility index (Phi) is 3.53. The van der Waals surface area contributed by atoms with Crippen molar-refractivity contribution in [3.8, 4) is 6.07 Å². The number of fused-ring (bicyclic) bond motifs is 2. The van der Waals surface area contributed by atoms with Crippen LogP contribution < -0.4 is 0 Å². The van der Waals surface area contributed by atoms with Gasteiger partial charge < -0.3 is 9.57 Å². The fourth-order valence-corrected chi connectivity index (χ4v) is 4.16. The van der Waals surface area contributed by atoms with Gasteiger partial charge in [0.2, 0.25) is 11.3 Å². The van der Waals surface area contributed by atoms with Crippen LogP contribution in [0.4, 0.5) is 0 Å². The molecule has 3 rings (SSSR count). The topological polar surface area (TPSA) is 102 Å². The number of hydrogen-bond donors (Lipinski definition) is 0. The van der Waals surface area contributed by atoms with Gasteiger partial charge >= 0.3 is 11.9 Å². The Morgan fingerprint density at radius 2 is 2.17 bits per heavy atom. The average Bonchev–Trinajstić information content (AvgIpc) is 3.08. The number of nitrogens with zero attached hydrogens (tertiary/aromatic N) is 3. The highest BCUT2D eigenvalue weighted by Gasteiger charge is 2.76. The molecule has 0 aromatic carbocycles. The Labute approximate surface area is 143 Å². The molecule has 0 radical (unpaired) electrons. The maximum Gasteiger partial charge on any atom is 0.378 e. The fourth-order valence-electron chi connectivity index (χ4n) is 3.43. The quantitative estimate of drug-likeness (QED) is 0.360. The Morgan fingerprint density at radius 1 is 1.46 bits per heavy atom. The van der Waals surface area contributed by atoms with Crippen LogP contribution in [0.1, 0.15) is 44.3 Å². The van der Waals surface area contributed by atoms with Crippen molar-refractivity contribution in [2.45, 2.75) is 46.1 Å². The maximum absolute atomic E-state index is 12.7. The number of aryl methyl sites for hydroxylation is 1. The Hall–Kier alpha value is -2.27. The summed E-state index contributed by atoms with van der Waals surface area (Å²) in [6.45, 7) is 7.25. The SMILES string of the molecule is Cc1csc(/C(C#N)=N/OC(=O)C23CCC(C)(C(=O)O2)C3(C)C)n1. The van der Waals surface area contributed by atoms with Gasteiger partial charge in [-0.1, -0.05) is 19.0 Å². The highest BCUT2D eigenvalue weighted by atomic mass is 32.1. The first-order valence-corrected chi connectivity index (χ1v) is 8.41. The number of aromatic nitrogens is 1. The van der Waals surface area contributed by atoms with Gasteiger partial charge in [0.25, 0.3) is 0 Å². The third-order valence-corrected chi connectivity index (χ3v) is 6.53. The van der Waals surface area contributed by atoms with Crippen molar-refractivity contribution >= 4 is 29.0 Å². The molecule has 2 aliphatic rings. The Balaban J connectivity index is 1.87. The van der Waals surface area contributed by atoms with Crippen LogP contribution in [0.2, 0.25) is 0 Å². The second kappa shape index (κ2) is 5.11. The molecule has 8 heteroatoms. The molecule has 2 unspecified atom stereocenters. The third kappa shape index (κ3) is 1.94. The van der Waals surface area contributed by atoms with Crippen LogP contribution in [-0.4, -0.2) is 28.2 Å². The van der Waals surface area contributed by atoms with E-state index in [9.17, 15) is 14.9 Å². The molecule has 1 aromatic heterocycles. The fraction of sp³-hybridized carbons (Fsp3) is 0.562. The zero-order valence-corrected chi connectivity index (χ0v) is 14.7. The minimum absolute atomic E-state index is 0.0826. The zero-order valence-electron chi connectivity index (χ0n) is 13.9. The van der Waals surface area contributed by atoms with Crippen molar-refractivity contribution in [2.24, 2.45) is 16.0 Å². The molecule has 0 N–H and O–H groups in total. The number of esters is 1. The van der Waals surface area contributed by atoms with Crippen LogP contribution in [0, 0.1) is 29.1 Å². The van der Waals surface area contributed by atoms with Crippen molar-refractivity contribution in [1.82, 2.24) is 4.98 Å². The first-order valence-electron chi connectivity index (χ1n) is 7.53. The Bertz CT molecular complexity index is 806. The van der Waals surface area contributed by atoms with Crippen molar-refractivity contribution in [1.29, 1.82) is 5.26 Å². The van der Waals surface area contributed by atoms with E-state index < -0.39 is 28.4 Å². The molecule has 2 heterocycles. The summed E-state index contributed by atoms with van der Waals surface area (Å²) in [5, 5.41) is 15.0. The Morgan fingerprint density at radius 3 is 2.62 bits per heavy atom. The van der Waals surface area contributed by atoms with Crippen molar-refractivity contribution in [3.05, 3.63) is 16.1 Å². The van der Waals surface area contributed by atoms with Gasteiger partial charge in [0, 0.05) is 16.5 Å². The maximum atomic E-state index is 12.7. The van der Waals surface area contributed by atoms with Crippen LogP contribution in [0.15, 0.2) is 10.5 Å².